The van der Waals surface area contributed by atoms with Crippen LogP contribution in [0.5, 0.6) is 5.75 Å². The van der Waals surface area contributed by atoms with Crippen LogP contribution in [0.2, 0.25) is 0 Å². The number of thiazole rings is 1. The van der Waals surface area contributed by atoms with Gasteiger partial charge in [-0.3, -0.25) is 4.79 Å². The summed E-state index contributed by atoms with van der Waals surface area (Å²) in [6.07, 6.45) is 0.714. The molecule has 1 unspecified atom stereocenters. The van der Waals surface area contributed by atoms with Gasteiger partial charge >= 0.3 is 0 Å². The molecule has 6 heteroatoms. The van der Waals surface area contributed by atoms with E-state index in [0.29, 0.717) is 12.0 Å². The molecule has 0 aliphatic carbocycles. The number of fused-ring (bicyclic) bond motifs is 1. The summed E-state index contributed by atoms with van der Waals surface area (Å²) < 4.78 is 6.06. The van der Waals surface area contributed by atoms with Gasteiger partial charge < -0.3 is 15.4 Å². The second-order valence-corrected chi connectivity index (χ2v) is 8.49. The maximum Gasteiger partial charge on any atom is 0.251 e. The molecule has 0 fully saturated rings. The normalized spacial score (nSPS) is 17.3. The third kappa shape index (κ3) is 4.02. The van der Waals surface area contributed by atoms with Gasteiger partial charge in [-0.05, 0) is 45.0 Å². The van der Waals surface area contributed by atoms with Crippen LogP contribution in [0.25, 0.3) is 0 Å². The second kappa shape index (κ2) is 7.28. The molecule has 2 heterocycles. The number of amides is 1. The van der Waals surface area contributed by atoms with Gasteiger partial charge in [0.25, 0.3) is 5.91 Å². The maximum absolute atomic E-state index is 12.9. The lowest BCUT2D eigenvalue weighted by Gasteiger charge is -2.37. The molecule has 1 aliphatic rings. The summed E-state index contributed by atoms with van der Waals surface area (Å²) in [5.74, 6) is 0.732. The van der Waals surface area contributed by atoms with E-state index in [-0.39, 0.29) is 17.6 Å². The summed E-state index contributed by atoms with van der Waals surface area (Å²) in [7, 11) is 0. The zero-order valence-electron chi connectivity index (χ0n) is 16.2. The number of para-hydroxylation sites is 1. The highest BCUT2D eigenvalue weighted by Gasteiger charge is 2.34. The molecule has 0 bridgehead atoms. The average Bonchev–Trinajstić information content (AvgIpc) is 3.05. The van der Waals surface area contributed by atoms with Crippen LogP contribution < -0.4 is 15.4 Å². The number of ether oxygens (including phenoxy) is 1. The molecule has 1 aromatic heterocycles. The molecule has 1 atom stereocenters. The van der Waals surface area contributed by atoms with E-state index in [4.69, 9.17) is 4.74 Å². The number of rotatable bonds is 4. The van der Waals surface area contributed by atoms with Crippen LogP contribution in [0.15, 0.2) is 53.9 Å². The summed E-state index contributed by atoms with van der Waals surface area (Å²) in [4.78, 5) is 17.4. The number of carbonyl (C=O) groups is 1. The molecule has 144 valence electrons. The summed E-state index contributed by atoms with van der Waals surface area (Å²) in [5, 5.41) is 9.25. The lowest BCUT2D eigenvalue weighted by molar-refractivity contribution is 0.0619. The molecule has 1 amide bonds. The average molecular weight is 394 g/mol. The van der Waals surface area contributed by atoms with Crippen molar-refractivity contribution >= 4 is 28.1 Å². The Morgan fingerprint density at radius 2 is 2.04 bits per heavy atom. The van der Waals surface area contributed by atoms with Gasteiger partial charge in [-0.15, -0.1) is 11.3 Å². The fraction of sp³-hybridized carbons (Fsp3) is 0.273. The van der Waals surface area contributed by atoms with Crippen molar-refractivity contribution in [2.75, 3.05) is 5.32 Å². The summed E-state index contributed by atoms with van der Waals surface area (Å²) in [6, 6.07) is 15.3. The molecular weight excluding hydrogens is 370 g/mol. The highest BCUT2D eigenvalue weighted by atomic mass is 32.1. The van der Waals surface area contributed by atoms with Crippen molar-refractivity contribution in [3.63, 3.8) is 0 Å². The van der Waals surface area contributed by atoms with Gasteiger partial charge in [0, 0.05) is 28.6 Å². The lowest BCUT2D eigenvalue weighted by Crippen LogP contribution is -2.41. The first-order valence-corrected chi connectivity index (χ1v) is 10.2. The zero-order valence-corrected chi connectivity index (χ0v) is 17.0. The van der Waals surface area contributed by atoms with Gasteiger partial charge in [0.1, 0.15) is 11.4 Å². The first kappa shape index (κ1) is 18.5. The number of nitrogens with one attached hydrogen (secondary N) is 2. The van der Waals surface area contributed by atoms with E-state index < -0.39 is 0 Å². The monoisotopic (exact) mass is 393 g/mol. The van der Waals surface area contributed by atoms with Crippen LogP contribution in [0.1, 0.15) is 47.9 Å². The fourth-order valence-electron chi connectivity index (χ4n) is 3.45. The standard InChI is InChI=1S/C22H23N3O2S/c1-14-13-28-21(23-14)24-16-8-6-7-15(11-16)20(26)25-18-12-22(2,3)27-19-10-5-4-9-17(18)19/h4-11,13,18H,12H2,1-3H3,(H,23,24)(H,25,26). The van der Waals surface area contributed by atoms with E-state index in [9.17, 15) is 4.79 Å². The maximum atomic E-state index is 12.9. The van der Waals surface area contributed by atoms with E-state index in [0.717, 1.165) is 27.8 Å². The number of nitrogens with zero attached hydrogens (tertiary/aromatic N) is 1. The summed E-state index contributed by atoms with van der Waals surface area (Å²) in [6.45, 7) is 6.05. The predicted octanol–water partition coefficient (Wildman–Crippen LogP) is 5.23. The van der Waals surface area contributed by atoms with Crippen LogP contribution in [-0.2, 0) is 0 Å². The van der Waals surface area contributed by atoms with E-state index in [1.807, 2.05) is 74.7 Å². The lowest BCUT2D eigenvalue weighted by atomic mass is 9.89. The predicted molar refractivity (Wildman–Crippen MR) is 113 cm³/mol. The minimum absolute atomic E-state index is 0.0920. The number of hydrogen-bond acceptors (Lipinski definition) is 5. The highest BCUT2D eigenvalue weighted by Crippen LogP contribution is 2.39. The topological polar surface area (TPSA) is 63.2 Å². The van der Waals surface area contributed by atoms with Gasteiger partial charge in [0.15, 0.2) is 5.13 Å². The Hall–Kier alpha value is -2.86. The molecule has 3 aromatic rings. The number of carbonyl (C=O) groups excluding carboxylic acids is 1. The van der Waals surface area contributed by atoms with Crippen LogP contribution in [0.3, 0.4) is 0 Å². The quantitative estimate of drug-likeness (QED) is 0.637. The van der Waals surface area contributed by atoms with Crippen LogP contribution >= 0.6 is 11.3 Å². The van der Waals surface area contributed by atoms with E-state index in [1.165, 1.54) is 0 Å². The number of aryl methyl sites for hydroxylation is 1. The first-order valence-electron chi connectivity index (χ1n) is 9.28. The Labute approximate surface area is 168 Å². The molecular formula is C22H23N3O2S. The van der Waals surface area contributed by atoms with Gasteiger partial charge in [-0.25, -0.2) is 4.98 Å². The summed E-state index contributed by atoms with van der Waals surface area (Å²) in [5.41, 5.74) is 3.11. The molecule has 0 radical (unpaired) electrons. The smallest absolute Gasteiger partial charge is 0.251 e. The molecule has 4 rings (SSSR count). The fourth-order valence-corrected chi connectivity index (χ4v) is 4.15. The second-order valence-electron chi connectivity index (χ2n) is 7.63. The number of anilines is 2. The molecule has 0 spiro atoms. The van der Waals surface area contributed by atoms with E-state index in [2.05, 4.69) is 15.6 Å². The Morgan fingerprint density at radius 3 is 2.82 bits per heavy atom. The summed E-state index contributed by atoms with van der Waals surface area (Å²) >= 11 is 1.54. The van der Waals surface area contributed by atoms with Crippen molar-refractivity contribution in [1.29, 1.82) is 0 Å². The molecule has 2 N–H and O–H groups in total. The van der Waals surface area contributed by atoms with Crippen molar-refractivity contribution < 1.29 is 9.53 Å². The molecule has 28 heavy (non-hydrogen) atoms. The van der Waals surface area contributed by atoms with Crippen LogP contribution in [0.4, 0.5) is 10.8 Å². The third-order valence-electron chi connectivity index (χ3n) is 4.68. The van der Waals surface area contributed by atoms with Crippen LogP contribution in [-0.4, -0.2) is 16.5 Å². The van der Waals surface area contributed by atoms with Gasteiger partial charge in [-0.1, -0.05) is 24.3 Å². The van der Waals surface area contributed by atoms with E-state index >= 15 is 0 Å². The first-order chi connectivity index (χ1) is 13.4. The minimum atomic E-state index is -0.335. The number of hydrogen-bond donors (Lipinski definition) is 2. The van der Waals surface area contributed by atoms with Gasteiger partial charge in [0.05, 0.1) is 11.7 Å². The largest absolute Gasteiger partial charge is 0.487 e. The van der Waals surface area contributed by atoms with E-state index in [1.54, 1.807) is 11.3 Å². The van der Waals surface area contributed by atoms with Crippen molar-refractivity contribution in [1.82, 2.24) is 10.3 Å². The molecule has 0 saturated heterocycles. The Balaban J connectivity index is 1.53. The Morgan fingerprint density at radius 1 is 1.21 bits per heavy atom. The van der Waals surface area contributed by atoms with Crippen LogP contribution in [0, 0.1) is 6.92 Å². The van der Waals surface area contributed by atoms with Gasteiger partial charge in [-0.2, -0.15) is 0 Å². The number of aromatic nitrogens is 1. The SMILES string of the molecule is Cc1csc(Nc2cccc(C(=O)NC3CC(C)(C)Oc4ccccc43)c2)n1. The molecule has 5 nitrogen and oxygen atoms in total. The zero-order chi connectivity index (χ0) is 19.7. The van der Waals surface area contributed by atoms with Crippen molar-refractivity contribution in [3.05, 3.63) is 70.7 Å². The van der Waals surface area contributed by atoms with Crippen molar-refractivity contribution in [2.45, 2.75) is 38.8 Å². The molecule has 1 aliphatic heterocycles. The van der Waals surface area contributed by atoms with Crippen molar-refractivity contribution in [2.24, 2.45) is 0 Å². The van der Waals surface area contributed by atoms with Crippen molar-refractivity contribution in [3.8, 4) is 5.75 Å². The molecule has 2 aromatic carbocycles. The Bertz CT molecular complexity index is 1010. The Kier molecular flexibility index (Phi) is 4.81. The number of benzene rings is 2. The van der Waals surface area contributed by atoms with Gasteiger partial charge in [0.2, 0.25) is 0 Å². The third-order valence-corrected chi connectivity index (χ3v) is 5.55. The minimum Gasteiger partial charge on any atom is -0.487 e. The molecule has 0 saturated carbocycles. The highest BCUT2D eigenvalue weighted by molar-refractivity contribution is 7.13.